The van der Waals surface area contributed by atoms with Crippen molar-refractivity contribution in [3.63, 3.8) is 0 Å². The third-order valence-electron chi connectivity index (χ3n) is 1.13. The van der Waals surface area contributed by atoms with Crippen LogP contribution in [0.15, 0.2) is 0 Å². The molecule has 0 saturated carbocycles. The van der Waals surface area contributed by atoms with Gasteiger partial charge in [-0.15, -0.1) is 0 Å². The van der Waals surface area contributed by atoms with E-state index in [0.29, 0.717) is 0 Å². The maximum atomic E-state index is 11.0. The SMILES string of the molecule is CC(C)(C)OC(=O)COCC(=O)CN. The molecule has 0 aromatic rings. The number of Topliss-reactive ketones (excluding diaryl/α,β-unsaturated/α-hetero) is 1. The highest BCUT2D eigenvalue weighted by Gasteiger charge is 2.16. The monoisotopic (exact) mass is 203 g/mol. The molecule has 0 aliphatic carbocycles. The second-order valence-electron chi connectivity index (χ2n) is 3.82. The Hall–Kier alpha value is -0.940. The van der Waals surface area contributed by atoms with Crippen molar-refractivity contribution < 1.29 is 19.1 Å². The lowest BCUT2D eigenvalue weighted by molar-refractivity contribution is -0.160. The van der Waals surface area contributed by atoms with Gasteiger partial charge in [0.2, 0.25) is 0 Å². The zero-order valence-corrected chi connectivity index (χ0v) is 8.83. The molecule has 0 fully saturated rings. The molecule has 0 aromatic heterocycles. The Balaban J connectivity index is 3.60. The Kier molecular flexibility index (Phi) is 5.34. The summed E-state index contributed by atoms with van der Waals surface area (Å²) >= 11 is 0. The number of ketones is 1. The standard InChI is InChI=1S/C9H17NO4/c1-9(2,3)14-8(12)6-13-5-7(11)4-10/h4-6,10H2,1-3H3. The molecule has 0 amide bonds. The number of nitrogens with two attached hydrogens (primary N) is 1. The minimum Gasteiger partial charge on any atom is -0.458 e. The summed E-state index contributed by atoms with van der Waals surface area (Å²) in [6.45, 7) is 4.84. The predicted octanol–water partition coefficient (Wildman–Crippen LogP) is -0.127. The predicted molar refractivity (Wildman–Crippen MR) is 50.7 cm³/mol. The summed E-state index contributed by atoms with van der Waals surface area (Å²) in [6.07, 6.45) is 0. The van der Waals surface area contributed by atoms with Crippen LogP contribution in [0.25, 0.3) is 0 Å². The van der Waals surface area contributed by atoms with Crippen molar-refractivity contribution in [3.05, 3.63) is 0 Å². The first-order valence-corrected chi connectivity index (χ1v) is 4.36. The molecule has 0 atom stereocenters. The van der Waals surface area contributed by atoms with E-state index in [1.807, 2.05) is 0 Å². The lowest BCUT2D eigenvalue weighted by Crippen LogP contribution is -2.28. The second-order valence-corrected chi connectivity index (χ2v) is 3.82. The Morgan fingerprint density at radius 2 is 1.79 bits per heavy atom. The first-order valence-electron chi connectivity index (χ1n) is 4.36. The summed E-state index contributed by atoms with van der Waals surface area (Å²) in [5.41, 5.74) is 4.52. The van der Waals surface area contributed by atoms with Crippen LogP contribution in [0.5, 0.6) is 0 Å². The van der Waals surface area contributed by atoms with Crippen molar-refractivity contribution in [1.29, 1.82) is 0 Å². The first kappa shape index (κ1) is 13.1. The fourth-order valence-corrected chi connectivity index (χ4v) is 0.678. The summed E-state index contributed by atoms with van der Waals surface area (Å²) < 4.78 is 9.74. The zero-order valence-electron chi connectivity index (χ0n) is 8.83. The van der Waals surface area contributed by atoms with Gasteiger partial charge >= 0.3 is 5.97 Å². The van der Waals surface area contributed by atoms with E-state index >= 15 is 0 Å². The molecule has 0 saturated heterocycles. The summed E-state index contributed by atoms with van der Waals surface area (Å²) in [7, 11) is 0. The molecule has 0 aromatic carbocycles. The molecule has 0 aliphatic rings. The van der Waals surface area contributed by atoms with Crippen molar-refractivity contribution in [2.45, 2.75) is 26.4 Å². The van der Waals surface area contributed by atoms with Crippen LogP contribution in [0.3, 0.4) is 0 Å². The van der Waals surface area contributed by atoms with E-state index in [9.17, 15) is 9.59 Å². The van der Waals surface area contributed by atoms with Gasteiger partial charge in [-0.05, 0) is 20.8 Å². The van der Waals surface area contributed by atoms with Crippen LogP contribution in [0.1, 0.15) is 20.8 Å². The van der Waals surface area contributed by atoms with Gasteiger partial charge in [0, 0.05) is 0 Å². The Labute approximate surface area is 83.5 Å². The second kappa shape index (κ2) is 5.72. The van der Waals surface area contributed by atoms with E-state index < -0.39 is 11.6 Å². The van der Waals surface area contributed by atoms with Crippen molar-refractivity contribution >= 4 is 11.8 Å². The van der Waals surface area contributed by atoms with Crippen LogP contribution < -0.4 is 5.73 Å². The third-order valence-corrected chi connectivity index (χ3v) is 1.13. The highest BCUT2D eigenvalue weighted by molar-refractivity contribution is 5.81. The molecular weight excluding hydrogens is 186 g/mol. The fraction of sp³-hybridized carbons (Fsp3) is 0.778. The number of hydrogen-bond donors (Lipinski definition) is 1. The van der Waals surface area contributed by atoms with Gasteiger partial charge in [-0.3, -0.25) is 4.79 Å². The number of hydrogen-bond acceptors (Lipinski definition) is 5. The molecule has 5 heteroatoms. The average Bonchev–Trinajstić information content (AvgIpc) is 2.00. The summed E-state index contributed by atoms with van der Waals surface area (Å²) in [5, 5.41) is 0. The van der Waals surface area contributed by atoms with E-state index in [1.165, 1.54) is 0 Å². The van der Waals surface area contributed by atoms with E-state index in [0.717, 1.165) is 0 Å². The molecule has 0 rings (SSSR count). The van der Waals surface area contributed by atoms with Crippen molar-refractivity contribution in [2.75, 3.05) is 19.8 Å². The first-order chi connectivity index (χ1) is 6.35. The van der Waals surface area contributed by atoms with Gasteiger partial charge in [0.15, 0.2) is 5.78 Å². The van der Waals surface area contributed by atoms with Gasteiger partial charge in [-0.1, -0.05) is 0 Å². The van der Waals surface area contributed by atoms with Gasteiger partial charge in [-0.25, -0.2) is 4.79 Å². The van der Waals surface area contributed by atoms with Gasteiger partial charge in [0.05, 0.1) is 6.54 Å². The molecule has 0 unspecified atom stereocenters. The van der Waals surface area contributed by atoms with Crippen LogP contribution in [-0.4, -0.2) is 37.1 Å². The normalized spacial score (nSPS) is 11.1. The zero-order chi connectivity index (χ0) is 11.2. The highest BCUT2D eigenvalue weighted by Crippen LogP contribution is 2.06. The number of carbonyl (C=O) groups is 2. The highest BCUT2D eigenvalue weighted by atomic mass is 16.6. The summed E-state index contributed by atoms with van der Waals surface area (Å²) in [5.74, 6) is -0.726. The molecule has 2 N–H and O–H groups in total. The molecule has 0 heterocycles. The van der Waals surface area contributed by atoms with Gasteiger partial charge < -0.3 is 15.2 Å². The molecule has 14 heavy (non-hydrogen) atoms. The van der Waals surface area contributed by atoms with E-state index in [4.69, 9.17) is 15.2 Å². The minimum absolute atomic E-state index is 0.0751. The lowest BCUT2D eigenvalue weighted by Gasteiger charge is -2.19. The Morgan fingerprint density at radius 1 is 1.21 bits per heavy atom. The largest absolute Gasteiger partial charge is 0.458 e. The fourth-order valence-electron chi connectivity index (χ4n) is 0.678. The van der Waals surface area contributed by atoms with Gasteiger partial charge in [0.25, 0.3) is 0 Å². The quantitative estimate of drug-likeness (QED) is 0.630. The van der Waals surface area contributed by atoms with E-state index in [-0.39, 0.29) is 25.5 Å². The average molecular weight is 203 g/mol. The molecule has 0 radical (unpaired) electrons. The Bertz CT molecular complexity index is 207. The van der Waals surface area contributed by atoms with Crippen molar-refractivity contribution in [3.8, 4) is 0 Å². The number of rotatable bonds is 5. The van der Waals surface area contributed by atoms with Crippen molar-refractivity contribution in [2.24, 2.45) is 5.73 Å². The number of ether oxygens (including phenoxy) is 2. The smallest absolute Gasteiger partial charge is 0.332 e. The summed E-state index contributed by atoms with van der Waals surface area (Å²) in [4.78, 5) is 21.7. The maximum Gasteiger partial charge on any atom is 0.332 e. The van der Waals surface area contributed by atoms with Crippen LogP contribution in [-0.2, 0) is 19.1 Å². The molecule has 82 valence electrons. The topological polar surface area (TPSA) is 78.6 Å². The summed E-state index contributed by atoms with van der Waals surface area (Å²) in [6, 6.07) is 0. The lowest BCUT2D eigenvalue weighted by atomic mass is 10.2. The van der Waals surface area contributed by atoms with Crippen LogP contribution in [0.4, 0.5) is 0 Å². The van der Waals surface area contributed by atoms with E-state index in [1.54, 1.807) is 20.8 Å². The van der Waals surface area contributed by atoms with Crippen LogP contribution >= 0.6 is 0 Å². The number of esters is 1. The molecular formula is C9H17NO4. The number of carbonyl (C=O) groups excluding carboxylic acids is 2. The van der Waals surface area contributed by atoms with Crippen LogP contribution in [0, 0.1) is 0 Å². The van der Waals surface area contributed by atoms with E-state index in [2.05, 4.69) is 0 Å². The van der Waals surface area contributed by atoms with Crippen LogP contribution in [0.2, 0.25) is 0 Å². The van der Waals surface area contributed by atoms with Gasteiger partial charge in [-0.2, -0.15) is 0 Å². The van der Waals surface area contributed by atoms with Crippen molar-refractivity contribution in [1.82, 2.24) is 0 Å². The maximum absolute atomic E-state index is 11.0. The minimum atomic E-state index is -0.529. The third kappa shape index (κ3) is 7.70. The molecule has 5 nitrogen and oxygen atoms in total. The molecule has 0 aliphatic heterocycles. The Morgan fingerprint density at radius 3 is 2.21 bits per heavy atom. The molecule has 0 spiro atoms. The van der Waals surface area contributed by atoms with Gasteiger partial charge in [0.1, 0.15) is 18.8 Å². The molecule has 0 bridgehead atoms.